The third-order valence-corrected chi connectivity index (χ3v) is 6.60. The van der Waals surface area contributed by atoms with Crippen molar-refractivity contribution < 1.29 is 34.8 Å². The summed E-state index contributed by atoms with van der Waals surface area (Å²) in [4.78, 5) is 29.9. The number of aliphatic hydroxyl groups excluding tert-OH is 2. The molecule has 0 bridgehead atoms. The molecule has 2 amide bonds. The lowest BCUT2D eigenvalue weighted by molar-refractivity contribution is 0.0108. The van der Waals surface area contributed by atoms with Crippen molar-refractivity contribution in [3.05, 3.63) is 32.2 Å². The number of primary amides is 2. The molecule has 4 atom stereocenters. The molecule has 0 spiro atoms. The second kappa shape index (κ2) is 11.6. The number of nitrogens with zero attached hydrogens (tertiary/aromatic N) is 2. The van der Waals surface area contributed by atoms with Crippen molar-refractivity contribution in [3.63, 3.8) is 0 Å². The molecule has 2 aliphatic heterocycles. The average Bonchev–Trinajstić information content (AvgIpc) is 3.53. The molecule has 11 nitrogen and oxygen atoms in total. The van der Waals surface area contributed by atoms with E-state index < -0.39 is 11.8 Å². The van der Waals surface area contributed by atoms with E-state index in [0.717, 1.165) is 35.7 Å². The summed E-state index contributed by atoms with van der Waals surface area (Å²) in [5, 5.41) is 22.6. The zero-order valence-corrected chi connectivity index (χ0v) is 18.2. The molecule has 4 unspecified atom stereocenters. The summed E-state index contributed by atoms with van der Waals surface area (Å²) in [7, 11) is 0. The number of rotatable bonds is 6. The fourth-order valence-electron chi connectivity index (χ4n) is 3.14. The normalized spacial score (nSPS) is 24.8. The molecular weight excluding hydrogens is 448 g/mol. The highest BCUT2D eigenvalue weighted by molar-refractivity contribution is 7.10. The van der Waals surface area contributed by atoms with Gasteiger partial charge in [0.1, 0.15) is 33.6 Å². The molecule has 13 heteroatoms. The molecule has 2 aromatic rings. The van der Waals surface area contributed by atoms with E-state index in [4.69, 9.17) is 31.2 Å². The number of amides is 2. The summed E-state index contributed by atoms with van der Waals surface area (Å²) in [5.41, 5.74) is 10.8. The van der Waals surface area contributed by atoms with Crippen molar-refractivity contribution in [3.8, 4) is 0 Å². The van der Waals surface area contributed by atoms with Gasteiger partial charge in [-0.05, 0) is 25.7 Å². The van der Waals surface area contributed by atoms with Gasteiger partial charge in [0.25, 0.3) is 11.8 Å². The highest BCUT2D eigenvalue weighted by atomic mass is 32.1. The minimum Gasteiger partial charge on any atom is -0.412 e. The highest BCUT2D eigenvalue weighted by Crippen LogP contribution is 2.35. The van der Waals surface area contributed by atoms with E-state index in [1.807, 2.05) is 0 Å². The van der Waals surface area contributed by atoms with Crippen LogP contribution in [0.3, 0.4) is 0 Å². The first-order valence-electron chi connectivity index (χ1n) is 9.44. The van der Waals surface area contributed by atoms with Gasteiger partial charge < -0.3 is 36.6 Å². The summed E-state index contributed by atoms with van der Waals surface area (Å²) in [6, 6.07) is 0. The fraction of sp³-hybridized carbons (Fsp3) is 0.556. The second-order valence-electron chi connectivity index (χ2n) is 6.88. The van der Waals surface area contributed by atoms with E-state index in [1.54, 1.807) is 10.8 Å². The third kappa shape index (κ3) is 6.49. The van der Waals surface area contributed by atoms with E-state index in [1.165, 1.54) is 22.7 Å². The Morgan fingerprint density at radius 2 is 1.26 bits per heavy atom. The van der Waals surface area contributed by atoms with Gasteiger partial charge >= 0.3 is 0 Å². The molecule has 172 valence electrons. The zero-order valence-electron chi connectivity index (χ0n) is 16.6. The van der Waals surface area contributed by atoms with Gasteiger partial charge in [-0.3, -0.25) is 9.59 Å². The van der Waals surface area contributed by atoms with Crippen LogP contribution in [0.4, 0.5) is 0 Å². The van der Waals surface area contributed by atoms with Crippen molar-refractivity contribution in [1.82, 2.24) is 9.97 Å². The van der Waals surface area contributed by atoms with Crippen LogP contribution in [0.5, 0.6) is 0 Å². The highest BCUT2D eigenvalue weighted by Gasteiger charge is 2.29. The lowest BCUT2D eigenvalue weighted by atomic mass is 10.2. The van der Waals surface area contributed by atoms with Crippen LogP contribution in [0.2, 0.25) is 0 Å². The largest absolute Gasteiger partial charge is 0.412 e. The lowest BCUT2D eigenvalue weighted by Crippen LogP contribution is -2.12. The molecule has 4 heterocycles. The minimum absolute atomic E-state index is 0. The molecule has 0 aromatic carbocycles. The first kappa shape index (κ1) is 25.3. The van der Waals surface area contributed by atoms with Gasteiger partial charge in [0.15, 0.2) is 0 Å². The van der Waals surface area contributed by atoms with Crippen molar-refractivity contribution >= 4 is 34.5 Å². The monoisotopic (exact) mass is 474 g/mol. The Bertz CT molecular complexity index is 804. The van der Waals surface area contributed by atoms with Crippen LogP contribution in [0.15, 0.2) is 10.8 Å². The van der Waals surface area contributed by atoms with Gasteiger partial charge in [0, 0.05) is 10.8 Å². The standard InChI is InChI=1S/2C9H12N2O3S.H2O/c2*10-8(13)6-4-15-9(11-6)7-2-1-5(3-12)14-7;/h2*4-5,7,12H,1-3H2,(H2,10,13);1H2. The first-order chi connectivity index (χ1) is 14.4. The molecule has 31 heavy (non-hydrogen) atoms. The summed E-state index contributed by atoms with van der Waals surface area (Å²) in [5.74, 6) is -1.04. The zero-order chi connectivity index (χ0) is 21.7. The molecule has 2 saturated heterocycles. The van der Waals surface area contributed by atoms with Crippen LogP contribution in [0.25, 0.3) is 0 Å². The number of carbonyl (C=O) groups excluding carboxylic acids is 2. The quantitative estimate of drug-likeness (QED) is 0.450. The van der Waals surface area contributed by atoms with Crippen molar-refractivity contribution in [1.29, 1.82) is 0 Å². The Morgan fingerprint density at radius 1 is 0.871 bits per heavy atom. The van der Waals surface area contributed by atoms with Gasteiger partial charge in [-0.1, -0.05) is 0 Å². The van der Waals surface area contributed by atoms with Crippen LogP contribution in [0.1, 0.15) is 68.9 Å². The number of carbonyl (C=O) groups is 2. The summed E-state index contributed by atoms with van der Waals surface area (Å²) < 4.78 is 11.1. The summed E-state index contributed by atoms with van der Waals surface area (Å²) in [6.07, 6.45) is 2.92. The topological polar surface area (TPSA) is 202 Å². The first-order valence-corrected chi connectivity index (χ1v) is 11.2. The number of aliphatic hydroxyl groups is 2. The number of hydrogen-bond donors (Lipinski definition) is 4. The fourth-order valence-corrected chi connectivity index (χ4v) is 4.90. The summed E-state index contributed by atoms with van der Waals surface area (Å²) >= 11 is 2.74. The SMILES string of the molecule is NC(=O)c1csc(C2CCC(CO)O2)n1.NC(=O)c1csc(C2CCC(CO)O2)n1.O. The maximum atomic E-state index is 10.8. The van der Waals surface area contributed by atoms with Gasteiger partial charge in [0.2, 0.25) is 0 Å². The van der Waals surface area contributed by atoms with Crippen molar-refractivity contribution in [2.24, 2.45) is 11.5 Å². The Balaban J connectivity index is 0.000000213. The number of ether oxygens (including phenoxy) is 2. The molecule has 0 radical (unpaired) electrons. The van der Waals surface area contributed by atoms with E-state index in [2.05, 4.69) is 9.97 Å². The van der Waals surface area contributed by atoms with Crippen LogP contribution < -0.4 is 11.5 Å². The maximum Gasteiger partial charge on any atom is 0.268 e. The number of hydrogen-bond acceptors (Lipinski definition) is 10. The number of aromatic nitrogens is 2. The van der Waals surface area contributed by atoms with Crippen LogP contribution >= 0.6 is 22.7 Å². The number of thiazole rings is 2. The molecule has 0 aliphatic carbocycles. The van der Waals surface area contributed by atoms with Gasteiger partial charge in [0.05, 0.1) is 25.4 Å². The minimum atomic E-state index is -0.519. The van der Waals surface area contributed by atoms with Crippen LogP contribution in [0, 0.1) is 0 Å². The van der Waals surface area contributed by atoms with Crippen LogP contribution in [-0.4, -0.2) is 62.9 Å². The van der Waals surface area contributed by atoms with Crippen molar-refractivity contribution in [2.45, 2.75) is 50.1 Å². The van der Waals surface area contributed by atoms with E-state index in [9.17, 15) is 9.59 Å². The lowest BCUT2D eigenvalue weighted by Gasteiger charge is -2.08. The molecular formula is C18H26N4O7S2. The predicted octanol–water partition coefficient (Wildman–Crippen LogP) is 0.0841. The number of nitrogens with two attached hydrogens (primary N) is 2. The van der Waals surface area contributed by atoms with E-state index in [-0.39, 0.29) is 54.5 Å². The molecule has 0 saturated carbocycles. The van der Waals surface area contributed by atoms with Gasteiger partial charge in [-0.15, -0.1) is 22.7 Å². The van der Waals surface area contributed by atoms with Crippen molar-refractivity contribution in [2.75, 3.05) is 13.2 Å². The molecule has 4 rings (SSSR count). The Hall–Kier alpha value is -2.00. The predicted molar refractivity (Wildman–Crippen MR) is 113 cm³/mol. The van der Waals surface area contributed by atoms with E-state index in [0.29, 0.717) is 0 Å². The molecule has 2 aromatic heterocycles. The Kier molecular flexibility index (Phi) is 9.43. The van der Waals surface area contributed by atoms with Gasteiger partial charge in [-0.25, -0.2) is 9.97 Å². The Labute approximate surface area is 186 Å². The van der Waals surface area contributed by atoms with Gasteiger partial charge in [-0.2, -0.15) is 0 Å². The molecule has 8 N–H and O–H groups in total. The average molecular weight is 475 g/mol. The molecule has 2 fully saturated rings. The smallest absolute Gasteiger partial charge is 0.268 e. The summed E-state index contributed by atoms with van der Waals surface area (Å²) in [6.45, 7) is 0.0646. The Morgan fingerprint density at radius 3 is 1.52 bits per heavy atom. The third-order valence-electron chi connectivity index (χ3n) is 4.72. The van der Waals surface area contributed by atoms with Crippen LogP contribution in [-0.2, 0) is 9.47 Å². The van der Waals surface area contributed by atoms with E-state index >= 15 is 0 Å². The molecule has 2 aliphatic rings. The second-order valence-corrected chi connectivity index (χ2v) is 8.66. The maximum absolute atomic E-state index is 10.8.